The molecule has 5 heteroatoms. The number of aliphatic hydroxyl groups is 1. The number of hydrogen-bond acceptors (Lipinski definition) is 4. The predicted octanol–water partition coefficient (Wildman–Crippen LogP) is 4.71. The van der Waals surface area contributed by atoms with Gasteiger partial charge < -0.3 is 10.2 Å². The van der Waals surface area contributed by atoms with Crippen LogP contribution in [0, 0.1) is 5.82 Å². The molecule has 1 aromatic heterocycles. The SMILES string of the molecule is CC(O)CCCC=Cc1ccc(-c2ccc3nc(O)cnc3c2)cc1F. The number of unbranched alkanes of at least 4 members (excludes halogenated alkanes) is 1. The fourth-order valence-corrected chi connectivity index (χ4v) is 2.76. The molecular formula is C21H21FN2O2. The number of rotatable bonds is 6. The Hall–Kier alpha value is -2.79. The third kappa shape index (κ3) is 4.43. The summed E-state index contributed by atoms with van der Waals surface area (Å²) in [6.45, 7) is 1.77. The van der Waals surface area contributed by atoms with Gasteiger partial charge >= 0.3 is 0 Å². The molecule has 0 amide bonds. The van der Waals surface area contributed by atoms with Crippen LogP contribution in [0.2, 0.25) is 0 Å². The van der Waals surface area contributed by atoms with Gasteiger partial charge in [-0.2, -0.15) is 0 Å². The number of nitrogens with zero attached hydrogens (tertiary/aromatic N) is 2. The number of halogens is 1. The van der Waals surface area contributed by atoms with Crippen LogP contribution in [0.5, 0.6) is 5.88 Å². The highest BCUT2D eigenvalue weighted by Gasteiger charge is 2.06. The quantitative estimate of drug-likeness (QED) is 0.631. The fourth-order valence-electron chi connectivity index (χ4n) is 2.76. The van der Waals surface area contributed by atoms with Crippen LogP contribution < -0.4 is 0 Å². The van der Waals surface area contributed by atoms with Crippen molar-refractivity contribution >= 4 is 17.1 Å². The highest BCUT2D eigenvalue weighted by Crippen LogP contribution is 2.25. The van der Waals surface area contributed by atoms with Crippen LogP contribution in [0.25, 0.3) is 28.2 Å². The van der Waals surface area contributed by atoms with Crippen LogP contribution >= 0.6 is 0 Å². The second kappa shape index (κ2) is 8.06. The van der Waals surface area contributed by atoms with Gasteiger partial charge in [0.2, 0.25) is 5.88 Å². The maximum absolute atomic E-state index is 14.4. The third-order valence-electron chi connectivity index (χ3n) is 4.15. The Bertz CT molecular complexity index is 938. The van der Waals surface area contributed by atoms with Crippen molar-refractivity contribution in [2.24, 2.45) is 0 Å². The van der Waals surface area contributed by atoms with Crippen LogP contribution in [-0.2, 0) is 0 Å². The largest absolute Gasteiger partial charge is 0.492 e. The molecular weight excluding hydrogens is 331 g/mol. The standard InChI is InChI=1S/C21H21FN2O2/c1-14(25)5-3-2-4-6-15-7-8-16(11-18(15)22)17-9-10-19-20(12-17)23-13-21(26)24-19/h4,6-14,25H,2-3,5H2,1H3,(H,24,26). The van der Waals surface area contributed by atoms with E-state index in [1.165, 1.54) is 12.3 Å². The second-order valence-corrected chi connectivity index (χ2v) is 6.35. The summed E-state index contributed by atoms with van der Waals surface area (Å²) in [5.41, 5.74) is 3.36. The highest BCUT2D eigenvalue weighted by atomic mass is 19.1. The minimum atomic E-state index is -0.296. The molecule has 0 radical (unpaired) electrons. The summed E-state index contributed by atoms with van der Waals surface area (Å²) >= 11 is 0. The van der Waals surface area contributed by atoms with E-state index in [2.05, 4.69) is 9.97 Å². The summed E-state index contributed by atoms with van der Waals surface area (Å²) in [7, 11) is 0. The van der Waals surface area contributed by atoms with Crippen molar-refractivity contribution in [3.63, 3.8) is 0 Å². The Morgan fingerprint density at radius 3 is 2.65 bits per heavy atom. The van der Waals surface area contributed by atoms with Crippen LogP contribution in [0.3, 0.4) is 0 Å². The number of allylic oxidation sites excluding steroid dienone is 1. The smallest absolute Gasteiger partial charge is 0.230 e. The van der Waals surface area contributed by atoms with E-state index in [-0.39, 0.29) is 17.8 Å². The minimum Gasteiger partial charge on any atom is -0.492 e. The predicted molar refractivity (Wildman–Crippen MR) is 101 cm³/mol. The summed E-state index contributed by atoms with van der Waals surface area (Å²) < 4.78 is 14.4. The Kier molecular flexibility index (Phi) is 5.58. The maximum atomic E-state index is 14.4. The Morgan fingerprint density at radius 2 is 1.88 bits per heavy atom. The molecule has 0 aliphatic heterocycles. The highest BCUT2D eigenvalue weighted by molar-refractivity contribution is 5.81. The van der Waals surface area contributed by atoms with E-state index in [0.717, 1.165) is 30.4 Å². The lowest BCUT2D eigenvalue weighted by atomic mass is 10.0. The Balaban J connectivity index is 1.76. The number of benzene rings is 2. The van der Waals surface area contributed by atoms with Gasteiger partial charge in [0.05, 0.1) is 23.3 Å². The average molecular weight is 352 g/mol. The number of aromatic nitrogens is 2. The lowest BCUT2D eigenvalue weighted by molar-refractivity contribution is 0.182. The summed E-state index contributed by atoms with van der Waals surface area (Å²) in [4.78, 5) is 8.14. The van der Waals surface area contributed by atoms with Crippen molar-refractivity contribution in [1.29, 1.82) is 0 Å². The van der Waals surface area contributed by atoms with Gasteiger partial charge in [-0.05, 0) is 55.5 Å². The van der Waals surface area contributed by atoms with Gasteiger partial charge in [-0.1, -0.05) is 30.4 Å². The molecule has 26 heavy (non-hydrogen) atoms. The van der Waals surface area contributed by atoms with Gasteiger partial charge in [0.1, 0.15) is 5.82 Å². The summed E-state index contributed by atoms with van der Waals surface area (Å²) in [5.74, 6) is -0.410. The molecule has 2 aromatic carbocycles. The zero-order valence-corrected chi connectivity index (χ0v) is 14.6. The van der Waals surface area contributed by atoms with Gasteiger partial charge in [-0.25, -0.2) is 14.4 Å². The molecule has 0 saturated carbocycles. The molecule has 1 heterocycles. The van der Waals surface area contributed by atoms with E-state index >= 15 is 0 Å². The molecule has 0 bridgehead atoms. The van der Waals surface area contributed by atoms with E-state index in [0.29, 0.717) is 16.6 Å². The molecule has 1 unspecified atom stereocenters. The van der Waals surface area contributed by atoms with E-state index in [1.54, 1.807) is 25.1 Å². The zero-order chi connectivity index (χ0) is 18.5. The average Bonchev–Trinajstić information content (AvgIpc) is 2.62. The number of hydrogen-bond donors (Lipinski definition) is 2. The maximum Gasteiger partial charge on any atom is 0.230 e. The van der Waals surface area contributed by atoms with Crippen molar-refractivity contribution < 1.29 is 14.6 Å². The van der Waals surface area contributed by atoms with Gasteiger partial charge in [-0.3, -0.25) is 0 Å². The Morgan fingerprint density at radius 1 is 1.12 bits per heavy atom. The lowest BCUT2D eigenvalue weighted by Crippen LogP contribution is -1.97. The van der Waals surface area contributed by atoms with Gasteiger partial charge in [0, 0.05) is 5.56 Å². The summed E-state index contributed by atoms with van der Waals surface area (Å²) in [5, 5.41) is 18.6. The minimum absolute atomic E-state index is 0.124. The first-order chi connectivity index (χ1) is 12.5. The van der Waals surface area contributed by atoms with Crippen molar-refractivity contribution in [3.05, 3.63) is 60.1 Å². The number of fused-ring (bicyclic) bond motifs is 1. The number of aromatic hydroxyl groups is 1. The van der Waals surface area contributed by atoms with Gasteiger partial charge in [0.25, 0.3) is 0 Å². The molecule has 4 nitrogen and oxygen atoms in total. The summed E-state index contributed by atoms with van der Waals surface area (Å²) in [6.07, 6.45) is 7.13. The zero-order valence-electron chi connectivity index (χ0n) is 14.6. The van der Waals surface area contributed by atoms with Crippen molar-refractivity contribution in [3.8, 4) is 17.0 Å². The van der Waals surface area contributed by atoms with Gasteiger partial charge in [-0.15, -0.1) is 0 Å². The monoisotopic (exact) mass is 352 g/mol. The van der Waals surface area contributed by atoms with E-state index in [1.807, 2.05) is 24.3 Å². The lowest BCUT2D eigenvalue weighted by Gasteiger charge is -2.06. The molecule has 3 aromatic rings. The van der Waals surface area contributed by atoms with E-state index in [4.69, 9.17) is 0 Å². The van der Waals surface area contributed by atoms with E-state index in [9.17, 15) is 14.6 Å². The second-order valence-electron chi connectivity index (χ2n) is 6.35. The molecule has 134 valence electrons. The first-order valence-electron chi connectivity index (χ1n) is 8.63. The van der Waals surface area contributed by atoms with Crippen LogP contribution in [0.4, 0.5) is 4.39 Å². The van der Waals surface area contributed by atoms with E-state index < -0.39 is 0 Å². The molecule has 0 saturated heterocycles. The molecule has 0 aliphatic carbocycles. The van der Waals surface area contributed by atoms with Gasteiger partial charge in [0.15, 0.2) is 0 Å². The first kappa shape index (κ1) is 18.0. The van der Waals surface area contributed by atoms with Crippen molar-refractivity contribution in [2.45, 2.75) is 32.3 Å². The van der Waals surface area contributed by atoms with Crippen molar-refractivity contribution in [1.82, 2.24) is 9.97 Å². The number of aliphatic hydroxyl groups excluding tert-OH is 1. The fraction of sp³-hybridized carbons (Fsp3) is 0.238. The van der Waals surface area contributed by atoms with Crippen molar-refractivity contribution in [2.75, 3.05) is 0 Å². The molecule has 1 atom stereocenters. The topological polar surface area (TPSA) is 66.2 Å². The van der Waals surface area contributed by atoms with Crippen LogP contribution in [-0.4, -0.2) is 26.3 Å². The molecule has 0 spiro atoms. The molecule has 0 aliphatic rings. The Labute approximate surface area is 151 Å². The molecule has 2 N–H and O–H groups in total. The molecule has 3 rings (SSSR count). The third-order valence-corrected chi connectivity index (χ3v) is 4.15. The first-order valence-corrected chi connectivity index (χ1v) is 8.63. The normalized spacial score (nSPS) is 12.7. The summed E-state index contributed by atoms with van der Waals surface area (Å²) in [6, 6.07) is 10.5. The van der Waals surface area contributed by atoms with Crippen LogP contribution in [0.1, 0.15) is 31.7 Å². The van der Waals surface area contributed by atoms with Crippen LogP contribution in [0.15, 0.2) is 48.7 Å². The molecule has 0 fully saturated rings.